The number of aryl methyl sites for hydroxylation is 3. The van der Waals surface area contributed by atoms with Crippen LogP contribution in [0.15, 0.2) is 35.3 Å². The minimum atomic E-state index is -0.0790. The number of piperidine rings is 1. The van der Waals surface area contributed by atoms with Gasteiger partial charge in [-0.2, -0.15) is 5.10 Å². The lowest BCUT2D eigenvalue weighted by molar-refractivity contribution is -0.117. The van der Waals surface area contributed by atoms with Crippen LogP contribution in [0.2, 0.25) is 0 Å². The van der Waals surface area contributed by atoms with Gasteiger partial charge >= 0.3 is 0 Å². The Morgan fingerprint density at radius 3 is 2.81 bits per heavy atom. The van der Waals surface area contributed by atoms with Gasteiger partial charge in [0.1, 0.15) is 0 Å². The van der Waals surface area contributed by atoms with Crippen molar-refractivity contribution in [2.24, 2.45) is 5.92 Å². The van der Waals surface area contributed by atoms with E-state index < -0.39 is 0 Å². The van der Waals surface area contributed by atoms with Crippen molar-refractivity contribution in [1.82, 2.24) is 9.78 Å². The molecule has 1 saturated heterocycles. The van der Waals surface area contributed by atoms with E-state index in [2.05, 4.69) is 21.4 Å². The third-order valence-corrected chi connectivity index (χ3v) is 5.17. The van der Waals surface area contributed by atoms with Gasteiger partial charge in [0.05, 0.1) is 11.9 Å². The summed E-state index contributed by atoms with van der Waals surface area (Å²) in [4.78, 5) is 26.7. The van der Waals surface area contributed by atoms with Crippen LogP contribution >= 0.6 is 0 Å². The fourth-order valence-electron chi connectivity index (χ4n) is 3.72. The lowest BCUT2D eigenvalue weighted by atomic mass is 9.94. The van der Waals surface area contributed by atoms with E-state index in [0.29, 0.717) is 13.0 Å². The summed E-state index contributed by atoms with van der Waals surface area (Å²) in [6.45, 7) is 8.20. The van der Waals surface area contributed by atoms with Crippen molar-refractivity contribution < 1.29 is 4.79 Å². The zero-order chi connectivity index (χ0) is 19.4. The van der Waals surface area contributed by atoms with E-state index in [-0.39, 0.29) is 17.4 Å². The topological polar surface area (TPSA) is 67.2 Å². The molecule has 6 nitrogen and oxygen atoms in total. The van der Waals surface area contributed by atoms with Crippen LogP contribution in [-0.4, -0.2) is 28.8 Å². The third-order valence-electron chi connectivity index (χ3n) is 5.17. The van der Waals surface area contributed by atoms with Gasteiger partial charge in [-0.1, -0.05) is 17.7 Å². The molecule has 3 rings (SSSR count). The Morgan fingerprint density at radius 2 is 2.11 bits per heavy atom. The number of carbonyl (C=O) groups excluding carboxylic acids is 1. The summed E-state index contributed by atoms with van der Waals surface area (Å²) in [7, 11) is 0. The van der Waals surface area contributed by atoms with Crippen molar-refractivity contribution in [2.45, 2.75) is 46.6 Å². The molecule has 27 heavy (non-hydrogen) atoms. The molecule has 1 atom stereocenters. The van der Waals surface area contributed by atoms with Gasteiger partial charge in [-0.05, 0) is 51.2 Å². The molecule has 2 aromatic rings. The molecule has 2 heterocycles. The first-order valence-electron chi connectivity index (χ1n) is 9.65. The number of nitrogens with one attached hydrogen (secondary N) is 1. The molecule has 1 aliphatic rings. The molecular formula is C21H28N4O2. The van der Waals surface area contributed by atoms with Crippen LogP contribution in [0, 0.1) is 19.8 Å². The van der Waals surface area contributed by atoms with Gasteiger partial charge in [0.25, 0.3) is 5.56 Å². The minimum Gasteiger partial charge on any atom is -0.370 e. The summed E-state index contributed by atoms with van der Waals surface area (Å²) < 4.78 is 1.45. The highest BCUT2D eigenvalue weighted by Gasteiger charge is 2.23. The highest BCUT2D eigenvalue weighted by atomic mass is 16.1. The molecule has 1 aliphatic heterocycles. The lowest BCUT2D eigenvalue weighted by Gasteiger charge is -2.34. The summed E-state index contributed by atoms with van der Waals surface area (Å²) in [5.41, 5.74) is 3.92. The van der Waals surface area contributed by atoms with Gasteiger partial charge < -0.3 is 10.2 Å². The minimum absolute atomic E-state index is 0.0494. The van der Waals surface area contributed by atoms with E-state index >= 15 is 0 Å². The second-order valence-electron chi connectivity index (χ2n) is 7.39. The van der Waals surface area contributed by atoms with Gasteiger partial charge in [-0.25, -0.2) is 4.68 Å². The molecule has 6 heteroatoms. The largest absolute Gasteiger partial charge is 0.370 e. The number of aromatic nitrogens is 2. The van der Waals surface area contributed by atoms with E-state index in [1.54, 1.807) is 12.3 Å². The Hall–Kier alpha value is -2.63. The number of anilines is 2. The highest BCUT2D eigenvalue weighted by Crippen LogP contribution is 2.25. The molecule has 1 unspecified atom stereocenters. The molecule has 1 amide bonds. The first-order chi connectivity index (χ1) is 13.0. The van der Waals surface area contributed by atoms with Crippen molar-refractivity contribution in [2.75, 3.05) is 23.3 Å². The van der Waals surface area contributed by atoms with Gasteiger partial charge in [0.2, 0.25) is 5.91 Å². The Kier molecular flexibility index (Phi) is 5.94. The zero-order valence-corrected chi connectivity index (χ0v) is 16.4. The van der Waals surface area contributed by atoms with Crippen LogP contribution in [0.25, 0.3) is 0 Å². The number of hydrogen-bond acceptors (Lipinski definition) is 4. The van der Waals surface area contributed by atoms with Crippen molar-refractivity contribution in [3.8, 4) is 0 Å². The third kappa shape index (κ3) is 4.76. The van der Waals surface area contributed by atoms with E-state index in [0.717, 1.165) is 42.9 Å². The summed E-state index contributed by atoms with van der Waals surface area (Å²) in [6, 6.07) is 7.69. The molecule has 1 aromatic heterocycles. The zero-order valence-electron chi connectivity index (χ0n) is 16.4. The second-order valence-corrected chi connectivity index (χ2v) is 7.39. The van der Waals surface area contributed by atoms with Crippen molar-refractivity contribution in [1.29, 1.82) is 0 Å². The maximum Gasteiger partial charge on any atom is 0.268 e. The van der Waals surface area contributed by atoms with Gasteiger partial charge in [-0.3, -0.25) is 9.59 Å². The van der Waals surface area contributed by atoms with Crippen molar-refractivity contribution in [3.05, 3.63) is 51.9 Å². The smallest absolute Gasteiger partial charge is 0.268 e. The number of nitrogens with zero attached hydrogens (tertiary/aromatic N) is 3. The number of hydrogen-bond donors (Lipinski definition) is 1. The van der Waals surface area contributed by atoms with Crippen LogP contribution in [0.3, 0.4) is 0 Å². The standard InChI is InChI=1S/C21H28N4O2/c1-4-25-21(27)12-18(13-22-25)24-9-5-6-17(14-24)11-20(26)23-19-8-7-15(2)10-16(19)3/h7-8,10,12-13,17H,4-6,9,11,14H2,1-3H3,(H,23,26). The normalized spacial score (nSPS) is 17.0. The predicted molar refractivity (Wildman–Crippen MR) is 108 cm³/mol. The van der Waals surface area contributed by atoms with E-state index in [4.69, 9.17) is 0 Å². The van der Waals surface area contributed by atoms with Gasteiger partial charge in [0, 0.05) is 37.8 Å². The first kappa shape index (κ1) is 19.1. The van der Waals surface area contributed by atoms with Crippen LogP contribution in [0.1, 0.15) is 37.3 Å². The lowest BCUT2D eigenvalue weighted by Crippen LogP contribution is -2.38. The summed E-state index contributed by atoms with van der Waals surface area (Å²) >= 11 is 0. The number of rotatable bonds is 5. The van der Waals surface area contributed by atoms with Crippen molar-refractivity contribution in [3.63, 3.8) is 0 Å². The van der Waals surface area contributed by atoms with Crippen LogP contribution in [0.4, 0.5) is 11.4 Å². The Labute approximate surface area is 160 Å². The number of benzene rings is 1. The SMILES string of the molecule is CCn1ncc(N2CCCC(CC(=O)Nc3ccc(C)cc3C)C2)cc1=O. The average Bonchev–Trinajstić information content (AvgIpc) is 2.64. The number of amides is 1. The number of carbonyl (C=O) groups is 1. The fraction of sp³-hybridized carbons (Fsp3) is 0.476. The van der Waals surface area contributed by atoms with E-state index in [1.165, 1.54) is 10.2 Å². The molecule has 144 valence electrons. The maximum atomic E-state index is 12.5. The quantitative estimate of drug-likeness (QED) is 0.880. The second kappa shape index (κ2) is 8.37. The van der Waals surface area contributed by atoms with E-state index in [1.807, 2.05) is 32.9 Å². The summed E-state index contributed by atoms with van der Waals surface area (Å²) in [6.07, 6.45) is 4.28. The Balaban J connectivity index is 1.61. The molecule has 1 N–H and O–H groups in total. The van der Waals surface area contributed by atoms with Gasteiger partial charge in [-0.15, -0.1) is 0 Å². The molecule has 0 spiro atoms. The Bertz CT molecular complexity index is 875. The van der Waals surface area contributed by atoms with E-state index in [9.17, 15) is 9.59 Å². The first-order valence-corrected chi connectivity index (χ1v) is 9.65. The molecule has 0 aliphatic carbocycles. The molecule has 0 radical (unpaired) electrons. The highest BCUT2D eigenvalue weighted by molar-refractivity contribution is 5.91. The maximum absolute atomic E-state index is 12.5. The average molecular weight is 368 g/mol. The summed E-state index contributed by atoms with van der Waals surface area (Å²) in [5, 5.41) is 7.25. The van der Waals surface area contributed by atoms with Crippen LogP contribution in [0.5, 0.6) is 0 Å². The van der Waals surface area contributed by atoms with Crippen LogP contribution in [-0.2, 0) is 11.3 Å². The fourth-order valence-corrected chi connectivity index (χ4v) is 3.72. The molecular weight excluding hydrogens is 340 g/mol. The van der Waals surface area contributed by atoms with Crippen LogP contribution < -0.4 is 15.8 Å². The molecule has 1 fully saturated rings. The van der Waals surface area contributed by atoms with Gasteiger partial charge in [0.15, 0.2) is 0 Å². The Morgan fingerprint density at radius 1 is 1.30 bits per heavy atom. The molecule has 0 saturated carbocycles. The predicted octanol–water partition coefficient (Wildman–Crippen LogP) is 3.13. The monoisotopic (exact) mass is 368 g/mol. The molecule has 1 aromatic carbocycles. The van der Waals surface area contributed by atoms with Crippen molar-refractivity contribution >= 4 is 17.3 Å². The summed E-state index contributed by atoms with van der Waals surface area (Å²) in [5.74, 6) is 0.325. The molecule has 0 bridgehead atoms.